The fourth-order valence-electron chi connectivity index (χ4n) is 9.63. The molecule has 0 bridgehead atoms. The van der Waals surface area contributed by atoms with Crippen LogP contribution in [0.4, 0.5) is 21.9 Å². The summed E-state index contributed by atoms with van der Waals surface area (Å²) in [5.41, 5.74) is 8.76. The summed E-state index contributed by atoms with van der Waals surface area (Å²) >= 11 is 0. The summed E-state index contributed by atoms with van der Waals surface area (Å²) in [6.45, 7) is 20.9. The highest BCUT2D eigenvalue weighted by atomic mass is 28.3. The molecule has 0 radical (unpaired) electrons. The summed E-state index contributed by atoms with van der Waals surface area (Å²) in [4.78, 5) is 66.7. The molecule has 3 aromatic heterocycles. The number of carbonyl (C=O) groups is 3. The van der Waals surface area contributed by atoms with E-state index in [0.29, 0.717) is 24.9 Å². The molecule has 350 valence electrons. The van der Waals surface area contributed by atoms with Crippen LogP contribution in [0.5, 0.6) is 0 Å². The zero-order valence-corrected chi connectivity index (χ0v) is 40.5. The van der Waals surface area contributed by atoms with Gasteiger partial charge in [-0.25, -0.2) is 19.7 Å². The number of ether oxygens (including phenoxy) is 1. The number of anilines is 3. The van der Waals surface area contributed by atoms with Crippen molar-refractivity contribution in [3.8, 4) is 11.3 Å². The number of carbonyl (C=O) groups excluding carboxylic acids is 3. The van der Waals surface area contributed by atoms with Gasteiger partial charge in [-0.2, -0.15) is 4.98 Å². The molecule has 3 aromatic carbocycles. The van der Waals surface area contributed by atoms with E-state index in [4.69, 9.17) is 14.2 Å². The Balaban J connectivity index is 0.714. The molecule has 1 unspecified atom stereocenters. The van der Waals surface area contributed by atoms with Crippen LogP contribution in [0.2, 0.25) is 25.7 Å². The van der Waals surface area contributed by atoms with Gasteiger partial charge < -0.3 is 29.4 Å². The number of fused-ring (bicyclic) bond motifs is 3. The number of aryl methyl sites for hydroxylation is 1. The monoisotopic (exact) mass is 923 g/mol. The second-order valence-electron chi connectivity index (χ2n) is 20.5. The third-order valence-corrected chi connectivity index (χ3v) is 15.9. The Morgan fingerprint density at radius 2 is 1.69 bits per heavy atom. The van der Waals surface area contributed by atoms with Gasteiger partial charge in [0.15, 0.2) is 5.82 Å². The second kappa shape index (κ2) is 17.8. The summed E-state index contributed by atoms with van der Waals surface area (Å²) in [5, 5.41) is 9.15. The van der Waals surface area contributed by atoms with Gasteiger partial charge >= 0.3 is 17.8 Å². The molecule has 17 heteroatoms. The molecule has 2 N–H and O–H groups in total. The molecular weight excluding hydrogens is 863 g/mol. The highest BCUT2D eigenvalue weighted by Gasteiger charge is 2.44. The maximum atomic E-state index is 13.3. The highest BCUT2D eigenvalue weighted by Crippen LogP contribution is 2.46. The predicted molar refractivity (Wildman–Crippen MR) is 262 cm³/mol. The minimum Gasteiger partial charge on any atom is -0.371 e. The number of benzene rings is 3. The molecule has 67 heavy (non-hydrogen) atoms. The largest absolute Gasteiger partial charge is 0.371 e. The van der Waals surface area contributed by atoms with Crippen molar-refractivity contribution in [1.29, 1.82) is 0 Å². The fourth-order valence-corrected chi connectivity index (χ4v) is 10.4. The lowest BCUT2D eigenvalue weighted by atomic mass is 9.97. The Morgan fingerprint density at radius 1 is 0.940 bits per heavy atom. The van der Waals surface area contributed by atoms with Crippen molar-refractivity contribution in [3.63, 3.8) is 0 Å². The van der Waals surface area contributed by atoms with E-state index in [1.165, 1.54) is 10.6 Å². The normalized spacial score (nSPS) is 18.5. The number of H-pyrrole nitrogens is 1. The van der Waals surface area contributed by atoms with Crippen molar-refractivity contribution in [3.05, 3.63) is 89.8 Å². The summed E-state index contributed by atoms with van der Waals surface area (Å²) in [6.07, 6.45) is 3.91. The van der Waals surface area contributed by atoms with Crippen molar-refractivity contribution < 1.29 is 23.6 Å². The quantitative estimate of drug-likeness (QED) is 0.0761. The van der Waals surface area contributed by atoms with Crippen LogP contribution < -0.4 is 20.0 Å². The van der Waals surface area contributed by atoms with Gasteiger partial charge in [0, 0.05) is 118 Å². The average Bonchev–Trinajstić information content (AvgIpc) is 3.66. The molecule has 4 amide bonds. The molecule has 1 saturated carbocycles. The number of imide groups is 1. The number of piperazine rings is 1. The predicted octanol–water partition coefficient (Wildman–Crippen LogP) is 7.74. The first-order chi connectivity index (χ1) is 32.2. The van der Waals surface area contributed by atoms with Crippen molar-refractivity contribution in [2.45, 2.75) is 77.2 Å². The first-order valence-corrected chi connectivity index (χ1v) is 27.4. The SMILES string of the molecule is Cc1cc(-c2ncnc3[nH]c4cc(N5CCN(CC6CN(c7ccc(N8CCC(=O)N(COCC[Si](C)(C)C)C8=O)cc7)C6)CC5)ccc4c23)ccc1C(C)NC(=O)c1nc(C2(C)CC2)no1. The first kappa shape index (κ1) is 44.7. The molecular formula is C50H61N11O5Si. The topological polar surface area (TPSA) is 169 Å². The zero-order valence-electron chi connectivity index (χ0n) is 39.5. The smallest absolute Gasteiger partial charge is 0.333 e. The van der Waals surface area contributed by atoms with Crippen LogP contribution in [0.3, 0.4) is 0 Å². The van der Waals surface area contributed by atoms with E-state index >= 15 is 0 Å². The number of aromatic amines is 1. The second-order valence-corrected chi connectivity index (χ2v) is 26.1. The third kappa shape index (κ3) is 9.28. The standard InChI is InChI=1S/C50H61N11O5Si/c1-32-25-35(7-13-39(32)33(2)53-46(63)47-55-48(56-66-47)50(3)16-17-50)44-43-40-14-12-38(26-41(40)54-45(43)52-30-51-44)58-21-19-57(20-22-58)27-34-28-59(29-34)36-8-10-37(11-9-36)60-18-15-42(62)61(49(60)64)31-65-23-24-67(4,5)6/h7-14,25-26,30,33-34H,15-24,27-29,31H2,1-6H3,(H,53,63)(H,51,52,54). The number of nitrogens with one attached hydrogen (secondary N) is 2. The third-order valence-electron chi connectivity index (χ3n) is 14.2. The Labute approximate surface area is 392 Å². The molecule has 3 saturated heterocycles. The lowest BCUT2D eigenvalue weighted by molar-refractivity contribution is -0.133. The number of urea groups is 1. The van der Waals surface area contributed by atoms with Crippen LogP contribution in [0.1, 0.15) is 66.8 Å². The minimum atomic E-state index is -1.26. The molecule has 4 fully saturated rings. The molecule has 6 heterocycles. The van der Waals surface area contributed by atoms with Crippen LogP contribution in [-0.2, 0) is 14.9 Å². The van der Waals surface area contributed by atoms with Crippen LogP contribution in [-0.4, -0.2) is 127 Å². The average molecular weight is 924 g/mol. The maximum absolute atomic E-state index is 13.3. The van der Waals surface area contributed by atoms with E-state index in [0.717, 1.165) is 120 Å². The molecule has 1 atom stereocenters. The van der Waals surface area contributed by atoms with Crippen molar-refractivity contribution in [2.75, 3.05) is 80.4 Å². The number of nitrogens with zero attached hydrogens (tertiary/aromatic N) is 9. The van der Waals surface area contributed by atoms with Crippen LogP contribution in [0, 0.1) is 12.8 Å². The van der Waals surface area contributed by atoms with Gasteiger partial charge in [-0.05, 0) is 86.3 Å². The van der Waals surface area contributed by atoms with Crippen LogP contribution >= 0.6 is 0 Å². The Morgan fingerprint density at radius 3 is 2.42 bits per heavy atom. The Hall–Kier alpha value is -6.17. The molecule has 10 rings (SSSR count). The van der Waals surface area contributed by atoms with E-state index in [1.54, 1.807) is 11.2 Å². The number of aromatic nitrogens is 5. The van der Waals surface area contributed by atoms with Gasteiger partial charge in [-0.1, -0.05) is 49.9 Å². The van der Waals surface area contributed by atoms with Crippen molar-refractivity contribution in [2.24, 2.45) is 5.92 Å². The van der Waals surface area contributed by atoms with E-state index in [-0.39, 0.29) is 48.3 Å². The molecule has 16 nitrogen and oxygen atoms in total. The summed E-state index contributed by atoms with van der Waals surface area (Å²) in [6, 6.07) is 21.5. The summed E-state index contributed by atoms with van der Waals surface area (Å²) in [5.74, 6) is 0.637. The first-order valence-electron chi connectivity index (χ1n) is 23.7. The Kier molecular flexibility index (Phi) is 11.9. The van der Waals surface area contributed by atoms with Crippen molar-refractivity contribution in [1.82, 2.24) is 40.2 Å². The molecule has 1 aliphatic carbocycles. The summed E-state index contributed by atoms with van der Waals surface area (Å²) < 4.78 is 11.1. The molecule has 4 aliphatic rings. The van der Waals surface area contributed by atoms with Gasteiger partial charge in [0.25, 0.3) is 0 Å². The Bertz CT molecular complexity index is 2820. The maximum Gasteiger partial charge on any atom is 0.333 e. The van der Waals surface area contributed by atoms with Gasteiger partial charge in [0.05, 0.1) is 17.1 Å². The lowest BCUT2D eigenvalue weighted by Gasteiger charge is -2.45. The number of hydrogen-bond acceptors (Lipinski definition) is 12. The van der Waals surface area contributed by atoms with Gasteiger partial charge in [0.2, 0.25) is 5.91 Å². The van der Waals surface area contributed by atoms with E-state index in [9.17, 15) is 14.4 Å². The fraction of sp³-hybridized carbons (Fsp3) is 0.460. The van der Waals surface area contributed by atoms with Gasteiger partial charge in [0.1, 0.15) is 18.7 Å². The number of hydrogen-bond donors (Lipinski definition) is 2. The van der Waals surface area contributed by atoms with E-state index in [1.807, 2.05) is 25.1 Å². The van der Waals surface area contributed by atoms with Gasteiger partial charge in [-0.15, -0.1) is 0 Å². The lowest BCUT2D eigenvalue weighted by Crippen LogP contribution is -2.55. The zero-order chi connectivity index (χ0) is 46.6. The van der Waals surface area contributed by atoms with E-state index in [2.05, 4.69) is 116 Å². The highest BCUT2D eigenvalue weighted by molar-refractivity contribution is 6.76. The summed E-state index contributed by atoms with van der Waals surface area (Å²) in [7, 11) is -1.26. The molecule has 6 aromatic rings. The number of rotatable bonds is 15. The minimum absolute atomic E-state index is 0.00649. The van der Waals surface area contributed by atoms with Crippen LogP contribution in [0.25, 0.3) is 33.2 Å². The van der Waals surface area contributed by atoms with Crippen LogP contribution in [0.15, 0.2) is 71.5 Å². The number of amides is 4. The van der Waals surface area contributed by atoms with E-state index < -0.39 is 8.07 Å². The van der Waals surface area contributed by atoms with Gasteiger partial charge in [-0.3, -0.25) is 19.4 Å². The molecule has 3 aliphatic heterocycles. The van der Waals surface area contributed by atoms with Crippen molar-refractivity contribution >= 4 is 64.9 Å². The molecule has 0 spiro atoms.